The lowest BCUT2D eigenvalue weighted by atomic mass is 9.82. The van der Waals surface area contributed by atoms with E-state index < -0.39 is 0 Å². The van der Waals surface area contributed by atoms with E-state index >= 15 is 0 Å². The SMILES string of the molecule is CC1(C)c2ccccc2-c2cc3c(cc21)c1ccc(-c2ccccc2)c2c4ccccc4c(=O)n3c12. The van der Waals surface area contributed by atoms with Gasteiger partial charge in [0.2, 0.25) is 0 Å². The molecule has 1 aliphatic rings. The molecule has 0 radical (unpaired) electrons. The first kappa shape index (κ1) is 19.8. The summed E-state index contributed by atoms with van der Waals surface area (Å²) >= 11 is 0. The third-order valence-electron chi connectivity index (χ3n) is 8.35. The first-order chi connectivity index (χ1) is 17.6. The average molecular weight is 462 g/mol. The summed E-state index contributed by atoms with van der Waals surface area (Å²) in [5, 5.41) is 5.20. The Morgan fingerprint density at radius 3 is 2.14 bits per heavy atom. The lowest BCUT2D eigenvalue weighted by molar-refractivity contribution is 0.661. The zero-order valence-corrected chi connectivity index (χ0v) is 20.2. The van der Waals surface area contributed by atoms with Crippen LogP contribution in [-0.2, 0) is 5.41 Å². The Morgan fingerprint density at radius 1 is 0.583 bits per heavy atom. The molecule has 8 rings (SSSR count). The van der Waals surface area contributed by atoms with Crippen molar-refractivity contribution in [3.8, 4) is 22.3 Å². The van der Waals surface area contributed by atoms with Crippen LogP contribution in [-0.4, -0.2) is 4.40 Å². The van der Waals surface area contributed by atoms with Gasteiger partial charge in [-0.05, 0) is 57.0 Å². The molecule has 7 aromatic rings. The highest BCUT2D eigenvalue weighted by atomic mass is 16.1. The summed E-state index contributed by atoms with van der Waals surface area (Å²) in [7, 11) is 0. The number of hydrogen-bond acceptors (Lipinski definition) is 1. The van der Waals surface area contributed by atoms with Crippen molar-refractivity contribution in [1.82, 2.24) is 4.40 Å². The van der Waals surface area contributed by atoms with E-state index in [2.05, 4.69) is 92.7 Å². The van der Waals surface area contributed by atoms with Crippen LogP contribution in [0.4, 0.5) is 0 Å². The molecule has 0 saturated heterocycles. The minimum Gasteiger partial charge on any atom is -0.275 e. The molecule has 0 aliphatic heterocycles. The van der Waals surface area contributed by atoms with Crippen molar-refractivity contribution in [2.24, 2.45) is 0 Å². The van der Waals surface area contributed by atoms with E-state index in [0.717, 1.165) is 49.1 Å². The zero-order valence-electron chi connectivity index (χ0n) is 20.2. The molecule has 0 atom stereocenters. The van der Waals surface area contributed by atoms with Gasteiger partial charge in [-0.2, -0.15) is 0 Å². The van der Waals surface area contributed by atoms with E-state index in [-0.39, 0.29) is 11.0 Å². The maximum atomic E-state index is 14.1. The molecule has 0 saturated carbocycles. The molecule has 1 aliphatic carbocycles. The first-order valence-electron chi connectivity index (χ1n) is 12.5. The quantitative estimate of drug-likeness (QED) is 0.226. The number of aromatic nitrogens is 1. The van der Waals surface area contributed by atoms with Gasteiger partial charge >= 0.3 is 0 Å². The number of rotatable bonds is 1. The van der Waals surface area contributed by atoms with Crippen molar-refractivity contribution in [2.75, 3.05) is 0 Å². The van der Waals surface area contributed by atoms with E-state index in [4.69, 9.17) is 0 Å². The Morgan fingerprint density at radius 2 is 1.31 bits per heavy atom. The third-order valence-corrected chi connectivity index (χ3v) is 8.35. The van der Waals surface area contributed by atoms with Gasteiger partial charge in [0.05, 0.1) is 11.0 Å². The minimum absolute atomic E-state index is 0.0498. The van der Waals surface area contributed by atoms with Gasteiger partial charge in [-0.3, -0.25) is 9.20 Å². The number of pyridine rings is 1. The molecular formula is C34H23NO. The van der Waals surface area contributed by atoms with E-state index in [0.29, 0.717) is 0 Å². The van der Waals surface area contributed by atoms with E-state index in [1.807, 2.05) is 28.7 Å². The van der Waals surface area contributed by atoms with Gasteiger partial charge < -0.3 is 0 Å². The Hall–Kier alpha value is -4.43. The minimum atomic E-state index is -0.0888. The highest BCUT2D eigenvalue weighted by Gasteiger charge is 2.36. The Balaban J connectivity index is 1.63. The monoisotopic (exact) mass is 461 g/mol. The van der Waals surface area contributed by atoms with Crippen LogP contribution in [0.15, 0.2) is 108 Å². The third kappa shape index (κ3) is 2.29. The summed E-state index contributed by atoms with van der Waals surface area (Å²) in [5.74, 6) is 0. The molecule has 2 aromatic heterocycles. The van der Waals surface area contributed by atoms with Crippen LogP contribution in [0.2, 0.25) is 0 Å². The molecule has 0 fully saturated rings. The smallest absolute Gasteiger partial charge is 0.263 e. The fourth-order valence-corrected chi connectivity index (χ4v) is 6.65. The Bertz CT molecular complexity index is 2080. The number of nitrogens with zero attached hydrogens (tertiary/aromatic N) is 1. The maximum absolute atomic E-state index is 14.1. The van der Waals surface area contributed by atoms with E-state index in [1.165, 1.54) is 22.3 Å². The lowest BCUT2D eigenvalue weighted by Crippen LogP contribution is -2.15. The number of fused-ring (bicyclic) bond motifs is 8. The highest BCUT2D eigenvalue weighted by molar-refractivity contribution is 6.24. The standard InChI is InChI=1S/C34H23NO/c1-34(2)28-15-9-8-12-22(28)26-19-30-27(18-29(26)34)24-17-16-21(20-10-4-3-5-11-20)31-23-13-6-7-14-25(23)33(36)35(30)32(24)31/h3-19H,1-2H3. The van der Waals surface area contributed by atoms with Crippen molar-refractivity contribution in [2.45, 2.75) is 19.3 Å². The Labute approximate surface area is 208 Å². The van der Waals surface area contributed by atoms with Gasteiger partial charge in [0, 0.05) is 27.0 Å². The second-order valence-electron chi connectivity index (χ2n) is 10.5. The van der Waals surface area contributed by atoms with Crippen LogP contribution in [0.25, 0.3) is 60.2 Å². The molecule has 5 aromatic carbocycles. The molecular weight excluding hydrogens is 438 g/mol. The number of hydrogen-bond donors (Lipinski definition) is 0. The summed E-state index contributed by atoms with van der Waals surface area (Å²) in [6.45, 7) is 4.61. The second kappa shape index (κ2) is 6.61. The highest BCUT2D eigenvalue weighted by Crippen LogP contribution is 2.51. The van der Waals surface area contributed by atoms with Gasteiger partial charge in [0.15, 0.2) is 0 Å². The van der Waals surface area contributed by atoms with Crippen LogP contribution < -0.4 is 5.56 Å². The molecule has 2 nitrogen and oxygen atoms in total. The summed E-state index contributed by atoms with van der Waals surface area (Å²) in [6.07, 6.45) is 0. The van der Waals surface area contributed by atoms with Crippen LogP contribution in [0, 0.1) is 0 Å². The van der Waals surface area contributed by atoms with E-state index in [9.17, 15) is 4.79 Å². The molecule has 0 unspecified atom stereocenters. The maximum Gasteiger partial charge on any atom is 0.263 e. The molecule has 0 spiro atoms. The second-order valence-corrected chi connectivity index (χ2v) is 10.5. The predicted octanol–water partition coefficient (Wildman–Crippen LogP) is 8.17. The van der Waals surface area contributed by atoms with Gasteiger partial charge in [-0.25, -0.2) is 0 Å². The zero-order chi connectivity index (χ0) is 24.2. The fourth-order valence-electron chi connectivity index (χ4n) is 6.65. The molecule has 0 N–H and O–H groups in total. The molecule has 36 heavy (non-hydrogen) atoms. The van der Waals surface area contributed by atoms with Crippen molar-refractivity contribution in [1.29, 1.82) is 0 Å². The molecule has 2 heterocycles. The molecule has 0 amide bonds. The van der Waals surface area contributed by atoms with Crippen LogP contribution in [0.3, 0.4) is 0 Å². The lowest BCUT2D eigenvalue weighted by Gasteiger charge is -2.21. The predicted molar refractivity (Wildman–Crippen MR) is 150 cm³/mol. The van der Waals surface area contributed by atoms with Gasteiger partial charge in [-0.1, -0.05) is 98.8 Å². The summed E-state index contributed by atoms with van der Waals surface area (Å²) in [5.41, 5.74) is 9.46. The topological polar surface area (TPSA) is 21.5 Å². The normalized spacial score (nSPS) is 14.2. The van der Waals surface area contributed by atoms with Crippen LogP contribution in [0.5, 0.6) is 0 Å². The van der Waals surface area contributed by atoms with Crippen molar-refractivity contribution < 1.29 is 0 Å². The summed E-state index contributed by atoms with van der Waals surface area (Å²) in [4.78, 5) is 14.1. The van der Waals surface area contributed by atoms with Crippen LogP contribution >= 0.6 is 0 Å². The van der Waals surface area contributed by atoms with Gasteiger partial charge in [0.1, 0.15) is 0 Å². The van der Waals surface area contributed by atoms with E-state index in [1.54, 1.807) is 0 Å². The summed E-state index contributed by atoms with van der Waals surface area (Å²) < 4.78 is 1.98. The fraction of sp³-hybridized carbons (Fsp3) is 0.0882. The number of benzene rings is 5. The van der Waals surface area contributed by atoms with Crippen molar-refractivity contribution in [3.63, 3.8) is 0 Å². The largest absolute Gasteiger partial charge is 0.275 e. The molecule has 170 valence electrons. The first-order valence-corrected chi connectivity index (χ1v) is 12.5. The molecule has 0 bridgehead atoms. The van der Waals surface area contributed by atoms with Crippen molar-refractivity contribution in [3.05, 3.63) is 125 Å². The van der Waals surface area contributed by atoms with Crippen molar-refractivity contribution >= 4 is 38.0 Å². The van der Waals surface area contributed by atoms with Gasteiger partial charge in [0.25, 0.3) is 5.56 Å². The molecule has 2 heteroatoms. The Kier molecular flexibility index (Phi) is 3.64. The van der Waals surface area contributed by atoms with Crippen LogP contribution in [0.1, 0.15) is 25.0 Å². The average Bonchev–Trinajstić information content (AvgIpc) is 3.36. The summed E-state index contributed by atoms with van der Waals surface area (Å²) in [6, 6.07) is 36.3. The van der Waals surface area contributed by atoms with Gasteiger partial charge in [-0.15, -0.1) is 0 Å².